The Bertz CT molecular complexity index is 754. The molecule has 6 heteroatoms. The Kier molecular flexibility index (Phi) is 5.84. The summed E-state index contributed by atoms with van der Waals surface area (Å²) < 4.78 is 12.8. The van der Waals surface area contributed by atoms with Crippen LogP contribution in [0, 0.1) is 5.82 Å². The quantitative estimate of drug-likeness (QED) is 0.811. The highest BCUT2D eigenvalue weighted by Crippen LogP contribution is 2.21. The van der Waals surface area contributed by atoms with Gasteiger partial charge >= 0.3 is 11.8 Å². The minimum atomic E-state index is -0.696. The number of nitrogens with one attached hydrogen (secondary N) is 2. The summed E-state index contributed by atoms with van der Waals surface area (Å²) in [4.78, 5) is 26.1. The van der Waals surface area contributed by atoms with E-state index >= 15 is 0 Å². The fourth-order valence-corrected chi connectivity index (χ4v) is 2.97. The molecule has 3 rings (SSSR count). The van der Waals surface area contributed by atoms with E-state index in [0.29, 0.717) is 18.7 Å². The van der Waals surface area contributed by atoms with E-state index in [9.17, 15) is 14.0 Å². The summed E-state index contributed by atoms with van der Waals surface area (Å²) in [6.45, 7) is 2.43. The van der Waals surface area contributed by atoms with Crippen molar-refractivity contribution in [2.24, 2.45) is 0 Å². The summed E-state index contributed by atoms with van der Waals surface area (Å²) in [6, 6.07) is 13.6. The van der Waals surface area contributed by atoms with Gasteiger partial charge in [0.1, 0.15) is 5.82 Å². The lowest BCUT2D eigenvalue weighted by Crippen LogP contribution is -2.36. The van der Waals surface area contributed by atoms with Gasteiger partial charge in [0.25, 0.3) is 0 Å². The van der Waals surface area contributed by atoms with E-state index < -0.39 is 11.8 Å². The van der Waals surface area contributed by atoms with Crippen LogP contribution in [0.25, 0.3) is 0 Å². The monoisotopic (exact) mass is 355 g/mol. The van der Waals surface area contributed by atoms with Crippen molar-refractivity contribution < 1.29 is 14.0 Å². The number of anilines is 2. The highest BCUT2D eigenvalue weighted by atomic mass is 19.1. The Labute approximate surface area is 152 Å². The highest BCUT2D eigenvalue weighted by Gasteiger charge is 2.15. The van der Waals surface area contributed by atoms with Gasteiger partial charge in [-0.15, -0.1) is 0 Å². The molecular weight excluding hydrogens is 333 g/mol. The first-order chi connectivity index (χ1) is 12.6. The Morgan fingerprint density at radius 3 is 2.23 bits per heavy atom. The third kappa shape index (κ3) is 4.81. The van der Waals surface area contributed by atoms with Crippen LogP contribution in [-0.4, -0.2) is 31.4 Å². The van der Waals surface area contributed by atoms with Crippen LogP contribution in [-0.2, 0) is 16.0 Å². The van der Waals surface area contributed by atoms with Crippen molar-refractivity contribution in [1.29, 1.82) is 0 Å². The summed E-state index contributed by atoms with van der Waals surface area (Å²) in [5, 5.41) is 5.17. The van der Waals surface area contributed by atoms with Crippen molar-refractivity contribution in [3.8, 4) is 0 Å². The molecule has 1 heterocycles. The average Bonchev–Trinajstić information content (AvgIpc) is 3.18. The van der Waals surface area contributed by atoms with Crippen LogP contribution in [0.4, 0.5) is 15.8 Å². The van der Waals surface area contributed by atoms with Gasteiger partial charge in [-0.2, -0.15) is 0 Å². The van der Waals surface area contributed by atoms with Crippen LogP contribution in [0.2, 0.25) is 0 Å². The van der Waals surface area contributed by atoms with Crippen molar-refractivity contribution in [1.82, 2.24) is 5.32 Å². The molecule has 0 spiro atoms. The van der Waals surface area contributed by atoms with Crippen LogP contribution >= 0.6 is 0 Å². The SMILES string of the molecule is O=C(NCCc1ccc(F)cc1)C(=O)Nc1ccc(N2CCCC2)cc1. The Morgan fingerprint density at radius 2 is 1.58 bits per heavy atom. The summed E-state index contributed by atoms with van der Waals surface area (Å²) in [7, 11) is 0. The molecule has 1 aliphatic rings. The number of carbonyl (C=O) groups excluding carboxylic acids is 2. The van der Waals surface area contributed by atoms with Crippen LogP contribution in [0.3, 0.4) is 0 Å². The van der Waals surface area contributed by atoms with Crippen LogP contribution in [0.1, 0.15) is 18.4 Å². The number of amides is 2. The second-order valence-corrected chi connectivity index (χ2v) is 6.33. The van der Waals surface area contributed by atoms with Gasteiger partial charge in [-0.1, -0.05) is 12.1 Å². The number of hydrogen-bond donors (Lipinski definition) is 2. The second-order valence-electron chi connectivity index (χ2n) is 6.33. The normalized spacial score (nSPS) is 13.5. The van der Waals surface area contributed by atoms with Gasteiger partial charge in [0, 0.05) is 31.0 Å². The molecule has 0 aliphatic carbocycles. The number of carbonyl (C=O) groups is 2. The molecule has 0 aromatic heterocycles. The van der Waals surface area contributed by atoms with Crippen molar-refractivity contribution in [2.75, 3.05) is 29.9 Å². The lowest BCUT2D eigenvalue weighted by atomic mass is 10.1. The molecule has 2 aromatic carbocycles. The van der Waals surface area contributed by atoms with Gasteiger partial charge in [0.2, 0.25) is 0 Å². The highest BCUT2D eigenvalue weighted by molar-refractivity contribution is 6.39. The maximum absolute atomic E-state index is 12.8. The molecule has 26 heavy (non-hydrogen) atoms. The molecule has 0 bridgehead atoms. The molecule has 1 fully saturated rings. The molecule has 5 nitrogen and oxygen atoms in total. The molecule has 0 atom stereocenters. The molecule has 2 N–H and O–H groups in total. The summed E-state index contributed by atoms with van der Waals surface area (Å²) in [6.07, 6.45) is 2.94. The molecule has 0 unspecified atom stereocenters. The molecule has 1 aliphatic heterocycles. The third-order valence-electron chi connectivity index (χ3n) is 4.42. The van der Waals surface area contributed by atoms with Gasteiger partial charge in [-0.3, -0.25) is 9.59 Å². The lowest BCUT2D eigenvalue weighted by molar-refractivity contribution is -0.136. The third-order valence-corrected chi connectivity index (χ3v) is 4.42. The van der Waals surface area contributed by atoms with E-state index in [0.717, 1.165) is 24.3 Å². The first-order valence-corrected chi connectivity index (χ1v) is 8.80. The van der Waals surface area contributed by atoms with Crippen molar-refractivity contribution >= 4 is 23.2 Å². The van der Waals surface area contributed by atoms with E-state index in [1.807, 2.05) is 12.1 Å². The van der Waals surface area contributed by atoms with Crippen molar-refractivity contribution in [2.45, 2.75) is 19.3 Å². The minimum absolute atomic E-state index is 0.298. The van der Waals surface area contributed by atoms with Gasteiger partial charge in [-0.25, -0.2) is 4.39 Å². The van der Waals surface area contributed by atoms with Crippen LogP contribution < -0.4 is 15.5 Å². The zero-order valence-corrected chi connectivity index (χ0v) is 14.5. The Balaban J connectivity index is 1.44. The standard InChI is InChI=1S/C20H22FN3O2/c21-16-5-3-15(4-6-16)11-12-22-19(25)20(26)23-17-7-9-18(10-8-17)24-13-1-2-14-24/h3-10H,1-2,11-14H2,(H,22,25)(H,23,26). The zero-order valence-electron chi connectivity index (χ0n) is 14.5. The van der Waals surface area contributed by atoms with Gasteiger partial charge in [0.05, 0.1) is 0 Å². The van der Waals surface area contributed by atoms with Gasteiger partial charge in [0.15, 0.2) is 0 Å². The van der Waals surface area contributed by atoms with E-state index in [4.69, 9.17) is 0 Å². The predicted octanol–water partition coefficient (Wildman–Crippen LogP) is 2.72. The molecule has 1 saturated heterocycles. The second kappa shape index (κ2) is 8.47. The minimum Gasteiger partial charge on any atom is -0.372 e. The molecule has 0 radical (unpaired) electrons. The summed E-state index contributed by atoms with van der Waals surface area (Å²) in [5.74, 6) is -1.68. The lowest BCUT2D eigenvalue weighted by Gasteiger charge is -2.17. The number of halogens is 1. The van der Waals surface area contributed by atoms with E-state index in [-0.39, 0.29) is 5.82 Å². The van der Waals surface area contributed by atoms with E-state index in [2.05, 4.69) is 15.5 Å². The Hall–Kier alpha value is -2.89. The first kappa shape index (κ1) is 17.9. The van der Waals surface area contributed by atoms with Crippen molar-refractivity contribution in [3.05, 3.63) is 59.9 Å². The number of rotatable bonds is 5. The fourth-order valence-electron chi connectivity index (χ4n) is 2.97. The zero-order chi connectivity index (χ0) is 18.4. The summed E-state index contributed by atoms with van der Waals surface area (Å²) in [5.41, 5.74) is 2.61. The number of nitrogens with zero attached hydrogens (tertiary/aromatic N) is 1. The average molecular weight is 355 g/mol. The molecular formula is C20H22FN3O2. The smallest absolute Gasteiger partial charge is 0.313 e. The van der Waals surface area contributed by atoms with Crippen LogP contribution in [0.5, 0.6) is 0 Å². The largest absolute Gasteiger partial charge is 0.372 e. The van der Waals surface area contributed by atoms with Crippen LogP contribution in [0.15, 0.2) is 48.5 Å². The van der Waals surface area contributed by atoms with E-state index in [1.165, 1.54) is 25.0 Å². The molecule has 2 aromatic rings. The van der Waals surface area contributed by atoms with E-state index in [1.54, 1.807) is 24.3 Å². The maximum Gasteiger partial charge on any atom is 0.313 e. The maximum atomic E-state index is 12.8. The Morgan fingerprint density at radius 1 is 0.923 bits per heavy atom. The number of benzene rings is 2. The predicted molar refractivity (Wildman–Crippen MR) is 99.6 cm³/mol. The summed E-state index contributed by atoms with van der Waals surface area (Å²) >= 11 is 0. The van der Waals surface area contributed by atoms with Crippen molar-refractivity contribution in [3.63, 3.8) is 0 Å². The molecule has 0 saturated carbocycles. The van der Waals surface area contributed by atoms with Gasteiger partial charge in [-0.05, 0) is 61.2 Å². The van der Waals surface area contributed by atoms with Gasteiger partial charge < -0.3 is 15.5 Å². The molecule has 136 valence electrons. The first-order valence-electron chi connectivity index (χ1n) is 8.80. The molecule has 2 amide bonds. The fraction of sp³-hybridized carbons (Fsp3) is 0.300. The topological polar surface area (TPSA) is 61.4 Å². The number of hydrogen-bond acceptors (Lipinski definition) is 3.